The number of guanidine groups is 1. The van der Waals surface area contributed by atoms with Crippen molar-refractivity contribution in [3.8, 4) is 5.75 Å². The molecule has 0 atom stereocenters. The number of hydrogen-bond acceptors (Lipinski definition) is 4. The van der Waals surface area contributed by atoms with E-state index >= 15 is 0 Å². The summed E-state index contributed by atoms with van der Waals surface area (Å²) in [4.78, 5) is 7.16. The number of hydrogen-bond donors (Lipinski definition) is 2. The van der Waals surface area contributed by atoms with Gasteiger partial charge in [-0.25, -0.2) is 4.99 Å². The molecule has 0 bridgehead atoms. The Balaban J connectivity index is 2.52. The molecule has 0 aliphatic carbocycles. The van der Waals surface area contributed by atoms with Crippen LogP contribution >= 0.6 is 0 Å². The third kappa shape index (κ3) is 9.63. The molecule has 0 saturated carbocycles. The minimum Gasteiger partial charge on any atom is -0.491 e. The summed E-state index contributed by atoms with van der Waals surface area (Å²) < 4.78 is 10.6. The Labute approximate surface area is 165 Å². The fourth-order valence-corrected chi connectivity index (χ4v) is 2.86. The van der Waals surface area contributed by atoms with Crippen molar-refractivity contribution in [1.82, 2.24) is 15.5 Å². The van der Waals surface area contributed by atoms with E-state index in [0.29, 0.717) is 31.8 Å². The van der Waals surface area contributed by atoms with Crippen LogP contribution in [0.2, 0.25) is 0 Å². The molecule has 0 saturated heterocycles. The Morgan fingerprint density at radius 2 is 1.70 bits per heavy atom. The minimum absolute atomic E-state index is 0.538. The minimum atomic E-state index is 0.538. The first kappa shape index (κ1) is 23.2. The van der Waals surface area contributed by atoms with Crippen molar-refractivity contribution in [3.63, 3.8) is 0 Å². The van der Waals surface area contributed by atoms with Crippen molar-refractivity contribution in [1.29, 1.82) is 0 Å². The molecule has 154 valence electrons. The fraction of sp³-hybridized carbons (Fsp3) is 0.667. The van der Waals surface area contributed by atoms with Crippen molar-refractivity contribution in [3.05, 3.63) is 29.8 Å². The van der Waals surface area contributed by atoms with Gasteiger partial charge in [0.25, 0.3) is 0 Å². The molecule has 27 heavy (non-hydrogen) atoms. The Kier molecular flexibility index (Phi) is 11.5. The summed E-state index contributed by atoms with van der Waals surface area (Å²) in [7, 11) is 1.67. The molecule has 6 heteroatoms. The molecule has 1 aromatic carbocycles. The molecule has 0 amide bonds. The number of rotatable bonds is 12. The van der Waals surface area contributed by atoms with Gasteiger partial charge in [-0.05, 0) is 52.3 Å². The lowest BCUT2D eigenvalue weighted by Crippen LogP contribution is -2.45. The van der Waals surface area contributed by atoms with Gasteiger partial charge in [0.1, 0.15) is 12.4 Å². The van der Waals surface area contributed by atoms with E-state index in [-0.39, 0.29) is 0 Å². The van der Waals surface area contributed by atoms with E-state index in [1.165, 1.54) is 0 Å². The van der Waals surface area contributed by atoms with Gasteiger partial charge in [-0.15, -0.1) is 0 Å². The topological polar surface area (TPSA) is 58.1 Å². The van der Waals surface area contributed by atoms with E-state index in [1.54, 1.807) is 7.11 Å². The zero-order chi connectivity index (χ0) is 20.1. The predicted molar refractivity (Wildman–Crippen MR) is 114 cm³/mol. The first-order chi connectivity index (χ1) is 13.0. The lowest BCUT2D eigenvalue weighted by Gasteiger charge is -2.30. The average molecular weight is 379 g/mol. The standard InChI is InChI=1S/C21H38N4O2/c1-7-22-21(23-12-13-25(17(2)3)18(4)5)24-16-19-8-10-20(11-9-19)27-15-14-26-6/h8-11,17-18H,7,12-16H2,1-6H3,(H2,22,23,24). The van der Waals surface area contributed by atoms with Crippen LogP contribution < -0.4 is 15.4 Å². The molecule has 0 spiro atoms. The quantitative estimate of drug-likeness (QED) is 0.333. The van der Waals surface area contributed by atoms with Crippen LogP contribution in [0.1, 0.15) is 40.2 Å². The van der Waals surface area contributed by atoms with Crippen LogP contribution in [-0.2, 0) is 11.3 Å². The highest BCUT2D eigenvalue weighted by atomic mass is 16.5. The van der Waals surface area contributed by atoms with Crippen LogP contribution in [0.25, 0.3) is 0 Å². The number of nitrogens with one attached hydrogen (secondary N) is 2. The molecule has 0 heterocycles. The Morgan fingerprint density at radius 3 is 2.26 bits per heavy atom. The molecular weight excluding hydrogens is 340 g/mol. The number of methoxy groups -OCH3 is 1. The summed E-state index contributed by atoms with van der Waals surface area (Å²) in [5.41, 5.74) is 1.15. The van der Waals surface area contributed by atoms with Crippen molar-refractivity contribution in [2.75, 3.05) is 40.0 Å². The highest BCUT2D eigenvalue weighted by molar-refractivity contribution is 5.79. The molecule has 0 unspecified atom stereocenters. The van der Waals surface area contributed by atoms with Crippen LogP contribution in [0, 0.1) is 0 Å². The number of nitrogens with zero attached hydrogens (tertiary/aromatic N) is 2. The van der Waals surface area contributed by atoms with E-state index in [4.69, 9.17) is 14.5 Å². The van der Waals surface area contributed by atoms with E-state index in [2.05, 4.69) is 62.3 Å². The second-order valence-corrected chi connectivity index (χ2v) is 7.03. The van der Waals surface area contributed by atoms with Crippen molar-refractivity contribution < 1.29 is 9.47 Å². The van der Waals surface area contributed by atoms with Gasteiger partial charge < -0.3 is 20.1 Å². The lowest BCUT2D eigenvalue weighted by molar-refractivity contribution is 0.146. The maximum Gasteiger partial charge on any atom is 0.191 e. The summed E-state index contributed by atoms with van der Waals surface area (Å²) >= 11 is 0. The molecule has 0 fully saturated rings. The van der Waals surface area contributed by atoms with E-state index in [1.807, 2.05) is 12.1 Å². The normalized spacial score (nSPS) is 12.1. The van der Waals surface area contributed by atoms with E-state index in [9.17, 15) is 0 Å². The predicted octanol–water partition coefficient (Wildman–Crippen LogP) is 2.89. The van der Waals surface area contributed by atoms with Gasteiger partial charge >= 0.3 is 0 Å². The Bertz CT molecular complexity index is 521. The highest BCUT2D eigenvalue weighted by Crippen LogP contribution is 2.12. The van der Waals surface area contributed by atoms with Gasteiger partial charge in [-0.3, -0.25) is 4.90 Å². The largest absolute Gasteiger partial charge is 0.491 e. The maximum absolute atomic E-state index is 5.59. The second-order valence-electron chi connectivity index (χ2n) is 7.03. The fourth-order valence-electron chi connectivity index (χ4n) is 2.86. The average Bonchev–Trinajstić information content (AvgIpc) is 2.63. The zero-order valence-electron chi connectivity index (χ0n) is 17.9. The molecule has 0 aliphatic heterocycles. The zero-order valence-corrected chi connectivity index (χ0v) is 17.9. The number of aliphatic imine (C=N–C) groups is 1. The van der Waals surface area contributed by atoms with Gasteiger partial charge in [-0.2, -0.15) is 0 Å². The summed E-state index contributed by atoms with van der Waals surface area (Å²) in [6.45, 7) is 15.5. The van der Waals surface area contributed by atoms with Crippen molar-refractivity contribution in [2.45, 2.75) is 53.2 Å². The molecule has 0 aliphatic rings. The van der Waals surface area contributed by atoms with Gasteiger partial charge in [-0.1, -0.05) is 12.1 Å². The van der Waals surface area contributed by atoms with Gasteiger partial charge in [0, 0.05) is 38.8 Å². The van der Waals surface area contributed by atoms with Crippen LogP contribution in [0.3, 0.4) is 0 Å². The van der Waals surface area contributed by atoms with Crippen molar-refractivity contribution >= 4 is 5.96 Å². The molecule has 2 N–H and O–H groups in total. The van der Waals surface area contributed by atoms with Crippen molar-refractivity contribution in [2.24, 2.45) is 4.99 Å². The molecule has 6 nitrogen and oxygen atoms in total. The SMILES string of the molecule is CCNC(=NCc1ccc(OCCOC)cc1)NCCN(C(C)C)C(C)C. The van der Waals surface area contributed by atoms with Crippen LogP contribution in [0.5, 0.6) is 5.75 Å². The smallest absolute Gasteiger partial charge is 0.191 e. The summed E-state index contributed by atoms with van der Waals surface area (Å²) in [6, 6.07) is 9.13. The van der Waals surface area contributed by atoms with E-state index in [0.717, 1.165) is 36.9 Å². The number of ether oxygens (including phenoxy) is 2. The molecule has 0 aromatic heterocycles. The van der Waals surface area contributed by atoms with Crippen LogP contribution in [0.15, 0.2) is 29.3 Å². The first-order valence-electron chi connectivity index (χ1n) is 9.96. The monoisotopic (exact) mass is 378 g/mol. The van der Waals surface area contributed by atoms with E-state index < -0.39 is 0 Å². The third-order valence-electron chi connectivity index (χ3n) is 4.23. The number of benzene rings is 1. The highest BCUT2D eigenvalue weighted by Gasteiger charge is 2.12. The second kappa shape index (κ2) is 13.4. The third-order valence-corrected chi connectivity index (χ3v) is 4.23. The van der Waals surface area contributed by atoms with Gasteiger partial charge in [0.2, 0.25) is 0 Å². The first-order valence-corrected chi connectivity index (χ1v) is 9.96. The molecule has 1 rings (SSSR count). The van der Waals surface area contributed by atoms with Crippen LogP contribution in [0.4, 0.5) is 0 Å². The van der Waals surface area contributed by atoms with Gasteiger partial charge in [0.05, 0.1) is 13.2 Å². The molecule has 1 aromatic rings. The Morgan fingerprint density at radius 1 is 1.04 bits per heavy atom. The summed E-state index contributed by atoms with van der Waals surface area (Å²) in [5.74, 6) is 1.71. The maximum atomic E-state index is 5.59. The molecular formula is C21H38N4O2. The summed E-state index contributed by atoms with van der Waals surface area (Å²) in [5, 5.41) is 6.75. The summed E-state index contributed by atoms with van der Waals surface area (Å²) in [6.07, 6.45) is 0. The molecule has 0 radical (unpaired) electrons. The van der Waals surface area contributed by atoms with Crippen LogP contribution in [-0.4, -0.2) is 62.9 Å². The van der Waals surface area contributed by atoms with Gasteiger partial charge in [0.15, 0.2) is 5.96 Å². The Hall–Kier alpha value is -1.79. The lowest BCUT2D eigenvalue weighted by atomic mass is 10.2.